The van der Waals surface area contributed by atoms with Gasteiger partial charge in [-0.05, 0) is 80.2 Å². The lowest BCUT2D eigenvalue weighted by atomic mass is 9.76. The van der Waals surface area contributed by atoms with E-state index in [2.05, 4.69) is 31.9 Å². The lowest BCUT2D eigenvalue weighted by Crippen LogP contribution is -2.31. The van der Waals surface area contributed by atoms with Crippen molar-refractivity contribution in [1.82, 2.24) is 0 Å². The summed E-state index contributed by atoms with van der Waals surface area (Å²) in [6.45, 7) is 11.6. The van der Waals surface area contributed by atoms with Gasteiger partial charge in [0.05, 0.1) is 9.30 Å². The monoisotopic (exact) mass is 624 g/mol. The van der Waals surface area contributed by atoms with E-state index < -0.39 is 14.9 Å². The second-order valence-electron chi connectivity index (χ2n) is 9.57. The number of aromatic hydroxyl groups is 1. The zero-order valence-electron chi connectivity index (χ0n) is 20.6. The lowest BCUT2D eigenvalue weighted by molar-refractivity contribution is -0.116. The topological polar surface area (TPSA) is 91.7 Å². The molecule has 3 rings (SSSR count). The van der Waals surface area contributed by atoms with Crippen LogP contribution in [0.25, 0.3) is 5.57 Å². The third-order valence-electron chi connectivity index (χ3n) is 6.53. The Hall–Kier alpha value is -1.74. The van der Waals surface area contributed by atoms with Crippen LogP contribution < -0.4 is 0 Å². The second-order valence-corrected chi connectivity index (χ2v) is 12.7. The van der Waals surface area contributed by atoms with Gasteiger partial charge in [0.1, 0.15) is 10.6 Å². The molecular weight excluding hydrogens is 596 g/mol. The molecule has 0 fully saturated rings. The predicted octanol–water partition coefficient (Wildman–Crippen LogP) is 7.20. The fraction of sp³-hybridized carbons (Fsp3) is 0.370. The molecule has 2 atom stereocenters. The van der Waals surface area contributed by atoms with Gasteiger partial charge < -0.3 is 5.11 Å². The number of carbonyl (C=O) groups is 1. The molecule has 0 saturated heterocycles. The first-order valence-corrected chi connectivity index (χ1v) is 14.6. The van der Waals surface area contributed by atoms with Gasteiger partial charge >= 0.3 is 0 Å². The molecule has 1 aliphatic carbocycles. The van der Waals surface area contributed by atoms with Crippen LogP contribution in [0.15, 0.2) is 56.9 Å². The van der Waals surface area contributed by atoms with E-state index in [1.165, 1.54) is 6.07 Å². The van der Waals surface area contributed by atoms with Crippen LogP contribution in [0, 0.1) is 18.8 Å². The molecule has 0 aromatic heterocycles. The molecule has 1 aliphatic rings. The molecule has 0 bridgehead atoms. The Bertz CT molecular complexity index is 1350. The zero-order chi connectivity index (χ0) is 26.4. The van der Waals surface area contributed by atoms with Crippen molar-refractivity contribution in [2.45, 2.75) is 57.2 Å². The van der Waals surface area contributed by atoms with E-state index >= 15 is 0 Å². The molecule has 5 nitrogen and oxygen atoms in total. The summed E-state index contributed by atoms with van der Waals surface area (Å²) in [5.74, 6) is -0.196. The summed E-state index contributed by atoms with van der Waals surface area (Å²) >= 11 is 7.11. The van der Waals surface area contributed by atoms with Gasteiger partial charge in [-0.3, -0.25) is 9.35 Å². The van der Waals surface area contributed by atoms with Crippen LogP contribution in [0.1, 0.15) is 62.8 Å². The van der Waals surface area contributed by atoms with Crippen LogP contribution in [0.5, 0.6) is 5.75 Å². The molecule has 0 radical (unpaired) electrons. The van der Waals surface area contributed by atoms with Crippen LogP contribution in [-0.2, 0) is 14.9 Å². The van der Waals surface area contributed by atoms with Gasteiger partial charge in [0.15, 0.2) is 5.78 Å². The lowest BCUT2D eigenvalue weighted by Gasteiger charge is -2.31. The standard InChI is InChI=1S/C27H30Br2O5S/c1-13(2)18-11-20(15(5)24(28)26(18)30)23(17-9-7-8-10-22(17)35(32,33)34)21-12-19(14(3)4)27(31)25(29)16(21)6/h7-15,24,31H,1-6H3,(H,32,33,34)/b23-20+/t15-,24-/m0/s1. The van der Waals surface area contributed by atoms with Crippen molar-refractivity contribution >= 4 is 53.3 Å². The third-order valence-corrected chi connectivity index (χ3v) is 9.62. The Morgan fingerprint density at radius 3 is 2.20 bits per heavy atom. The Morgan fingerprint density at radius 2 is 1.66 bits per heavy atom. The van der Waals surface area contributed by atoms with E-state index in [0.717, 1.165) is 5.57 Å². The summed E-state index contributed by atoms with van der Waals surface area (Å²) in [6, 6.07) is 8.19. The molecule has 0 aliphatic heterocycles. The first-order valence-electron chi connectivity index (χ1n) is 11.4. The average molecular weight is 626 g/mol. The summed E-state index contributed by atoms with van der Waals surface area (Å²) < 4.78 is 35.5. The smallest absolute Gasteiger partial charge is 0.295 e. The van der Waals surface area contributed by atoms with Crippen LogP contribution >= 0.6 is 31.9 Å². The number of rotatable bonds is 5. The molecular formula is C27H30Br2O5S. The molecule has 0 heterocycles. The molecule has 2 aromatic rings. The Kier molecular flexibility index (Phi) is 8.21. The SMILES string of the molecule is Cc1c(/C(=C2\C=C(C(C)C)C(=O)[C@@H](Br)[C@H]2C)c2ccccc2S(=O)(=O)O)cc(C(C)C)c(O)c1Br. The number of carbonyl (C=O) groups excluding carboxylic acids is 1. The maximum Gasteiger partial charge on any atom is 0.295 e. The van der Waals surface area contributed by atoms with Gasteiger partial charge in [-0.15, -0.1) is 0 Å². The highest BCUT2D eigenvalue weighted by Crippen LogP contribution is 2.46. The zero-order valence-corrected chi connectivity index (χ0v) is 24.5. The number of phenols is 1. The van der Waals surface area contributed by atoms with E-state index in [-0.39, 0.29) is 34.2 Å². The number of allylic oxidation sites excluding steroid dienone is 3. The normalized spacial score (nSPS) is 20.4. The fourth-order valence-electron chi connectivity index (χ4n) is 4.47. The predicted molar refractivity (Wildman–Crippen MR) is 147 cm³/mol. The highest BCUT2D eigenvalue weighted by Gasteiger charge is 2.36. The van der Waals surface area contributed by atoms with Gasteiger partial charge in [0.2, 0.25) is 0 Å². The number of hydrogen-bond acceptors (Lipinski definition) is 4. The van der Waals surface area contributed by atoms with E-state index in [1.807, 2.05) is 53.7 Å². The number of halogens is 2. The number of Topliss-reactive ketones (excluding diaryl/α,β-unsaturated/α-hetero) is 1. The van der Waals surface area contributed by atoms with Crippen molar-refractivity contribution in [2.24, 2.45) is 11.8 Å². The quantitative estimate of drug-likeness (QED) is 0.271. The van der Waals surface area contributed by atoms with E-state index in [9.17, 15) is 22.9 Å². The van der Waals surface area contributed by atoms with Crippen molar-refractivity contribution in [3.8, 4) is 5.75 Å². The Labute approximate surface area is 224 Å². The van der Waals surface area contributed by atoms with Gasteiger partial charge in [0.25, 0.3) is 10.1 Å². The van der Waals surface area contributed by atoms with Crippen molar-refractivity contribution in [1.29, 1.82) is 0 Å². The van der Waals surface area contributed by atoms with Gasteiger partial charge in [-0.2, -0.15) is 8.42 Å². The molecule has 2 aromatic carbocycles. The highest BCUT2D eigenvalue weighted by atomic mass is 79.9. The summed E-state index contributed by atoms with van der Waals surface area (Å²) in [5, 5.41) is 10.8. The van der Waals surface area contributed by atoms with E-state index in [1.54, 1.807) is 18.2 Å². The van der Waals surface area contributed by atoms with Crippen LogP contribution in [0.4, 0.5) is 0 Å². The largest absolute Gasteiger partial charge is 0.506 e. The summed E-state index contributed by atoms with van der Waals surface area (Å²) in [6.07, 6.45) is 1.86. The van der Waals surface area contributed by atoms with Crippen molar-refractivity contribution < 1.29 is 22.9 Å². The van der Waals surface area contributed by atoms with Gasteiger partial charge in [-0.1, -0.05) is 74.8 Å². The first-order chi connectivity index (χ1) is 16.2. The number of ketones is 1. The van der Waals surface area contributed by atoms with Crippen LogP contribution in [-0.4, -0.2) is 28.7 Å². The van der Waals surface area contributed by atoms with Crippen molar-refractivity contribution in [2.75, 3.05) is 0 Å². The number of alkyl halides is 1. The maximum atomic E-state index is 13.0. The number of hydrogen-bond donors (Lipinski definition) is 2. The van der Waals surface area contributed by atoms with E-state index in [4.69, 9.17) is 0 Å². The molecule has 0 amide bonds. The molecule has 188 valence electrons. The van der Waals surface area contributed by atoms with Gasteiger partial charge in [-0.25, -0.2) is 0 Å². The average Bonchev–Trinajstić information content (AvgIpc) is 2.78. The molecule has 0 spiro atoms. The third kappa shape index (κ3) is 5.22. The number of phenolic OH excluding ortho intramolecular Hbond substituents is 1. The fourth-order valence-corrected chi connectivity index (χ4v) is 6.16. The highest BCUT2D eigenvalue weighted by molar-refractivity contribution is 9.10. The molecule has 35 heavy (non-hydrogen) atoms. The molecule has 2 N–H and O–H groups in total. The van der Waals surface area contributed by atoms with Crippen LogP contribution in [0.2, 0.25) is 0 Å². The number of benzene rings is 2. The van der Waals surface area contributed by atoms with E-state index in [0.29, 0.717) is 37.9 Å². The van der Waals surface area contributed by atoms with Gasteiger partial charge in [0, 0.05) is 11.5 Å². The van der Waals surface area contributed by atoms with Crippen LogP contribution in [0.3, 0.4) is 0 Å². The second kappa shape index (κ2) is 10.3. The van der Waals surface area contributed by atoms with Crippen molar-refractivity contribution in [3.63, 3.8) is 0 Å². The maximum absolute atomic E-state index is 13.0. The Morgan fingerprint density at radius 1 is 1.06 bits per heavy atom. The first kappa shape index (κ1) is 27.8. The summed E-state index contributed by atoms with van der Waals surface area (Å²) in [5.41, 5.74) is 4.48. The Balaban J connectivity index is 2.61. The summed E-state index contributed by atoms with van der Waals surface area (Å²) in [4.78, 5) is 12.3. The molecule has 8 heteroatoms. The summed E-state index contributed by atoms with van der Waals surface area (Å²) in [7, 11) is -4.55. The molecule has 0 saturated carbocycles. The molecule has 0 unspecified atom stereocenters. The minimum atomic E-state index is -4.55. The minimum absolute atomic E-state index is 0.00476. The minimum Gasteiger partial charge on any atom is -0.506 e. The van der Waals surface area contributed by atoms with Crippen molar-refractivity contribution in [3.05, 3.63) is 74.3 Å².